The van der Waals surface area contributed by atoms with Crippen LogP contribution >= 0.6 is 0 Å². The number of piperazine rings is 1. The topological polar surface area (TPSA) is 54.5 Å². The molecule has 0 radical (unpaired) electrons. The van der Waals surface area contributed by atoms with Gasteiger partial charge in [0.2, 0.25) is 5.95 Å². The van der Waals surface area contributed by atoms with Crippen molar-refractivity contribution >= 4 is 22.8 Å². The second kappa shape index (κ2) is 5.46. The minimum atomic E-state index is -0.0410. The van der Waals surface area contributed by atoms with Gasteiger partial charge in [0.15, 0.2) is 5.76 Å². The van der Waals surface area contributed by atoms with Crippen LogP contribution in [0.1, 0.15) is 10.6 Å². The quantitative estimate of drug-likeness (QED) is 0.727. The van der Waals surface area contributed by atoms with Crippen LogP contribution in [0.4, 0.5) is 5.95 Å². The molecule has 1 aliphatic rings. The van der Waals surface area contributed by atoms with Gasteiger partial charge >= 0.3 is 0 Å². The Morgan fingerprint density at radius 3 is 2.65 bits per heavy atom. The number of anilines is 1. The van der Waals surface area contributed by atoms with E-state index >= 15 is 0 Å². The van der Waals surface area contributed by atoms with Crippen LogP contribution in [-0.4, -0.2) is 46.5 Å². The summed E-state index contributed by atoms with van der Waals surface area (Å²) in [5.41, 5.74) is 0.752. The fourth-order valence-electron chi connectivity index (χ4n) is 3.02. The summed E-state index contributed by atoms with van der Waals surface area (Å²) in [4.78, 5) is 21.0. The van der Waals surface area contributed by atoms with Crippen molar-refractivity contribution in [2.24, 2.45) is 7.05 Å². The molecule has 0 N–H and O–H groups in total. The predicted molar refractivity (Wildman–Crippen MR) is 87.5 cm³/mol. The molecule has 118 valence electrons. The monoisotopic (exact) mass is 310 g/mol. The fourth-order valence-corrected chi connectivity index (χ4v) is 3.02. The Morgan fingerprint density at radius 2 is 1.96 bits per heavy atom. The van der Waals surface area contributed by atoms with Crippen molar-refractivity contribution < 1.29 is 9.21 Å². The van der Waals surface area contributed by atoms with E-state index < -0.39 is 0 Å². The molecule has 0 unspecified atom stereocenters. The van der Waals surface area contributed by atoms with Gasteiger partial charge in [-0.05, 0) is 12.1 Å². The van der Waals surface area contributed by atoms with Crippen LogP contribution in [0.25, 0.3) is 11.0 Å². The van der Waals surface area contributed by atoms with Crippen molar-refractivity contribution in [3.63, 3.8) is 0 Å². The molecule has 6 heteroatoms. The number of benzene rings is 1. The molecule has 0 bridgehead atoms. The normalized spacial score (nSPS) is 15.3. The number of furan rings is 1. The van der Waals surface area contributed by atoms with E-state index in [-0.39, 0.29) is 5.91 Å². The second-order valence-corrected chi connectivity index (χ2v) is 5.77. The van der Waals surface area contributed by atoms with Gasteiger partial charge in [0.25, 0.3) is 5.91 Å². The highest BCUT2D eigenvalue weighted by Crippen LogP contribution is 2.21. The molecule has 1 aromatic carbocycles. The highest BCUT2D eigenvalue weighted by Gasteiger charge is 2.25. The minimum Gasteiger partial charge on any atom is -0.451 e. The molecule has 6 nitrogen and oxygen atoms in total. The Balaban J connectivity index is 1.47. The molecule has 1 amide bonds. The van der Waals surface area contributed by atoms with Crippen molar-refractivity contribution in [1.29, 1.82) is 0 Å². The van der Waals surface area contributed by atoms with Crippen LogP contribution in [-0.2, 0) is 7.05 Å². The molecule has 0 spiro atoms. The molecule has 4 rings (SSSR count). The summed E-state index contributed by atoms with van der Waals surface area (Å²) < 4.78 is 7.68. The first-order chi connectivity index (χ1) is 11.2. The molecular formula is C17H18N4O2. The van der Waals surface area contributed by atoms with E-state index in [2.05, 4.69) is 9.88 Å². The summed E-state index contributed by atoms with van der Waals surface area (Å²) in [7, 11) is 1.98. The molecule has 0 aliphatic carbocycles. The zero-order valence-corrected chi connectivity index (χ0v) is 13.0. The minimum absolute atomic E-state index is 0.0410. The lowest BCUT2D eigenvalue weighted by atomic mass is 10.2. The van der Waals surface area contributed by atoms with Crippen molar-refractivity contribution in [3.05, 3.63) is 48.5 Å². The van der Waals surface area contributed by atoms with Crippen LogP contribution in [0.15, 0.2) is 47.1 Å². The van der Waals surface area contributed by atoms with E-state index in [4.69, 9.17) is 4.42 Å². The van der Waals surface area contributed by atoms with Gasteiger partial charge in [-0.2, -0.15) is 0 Å². The summed E-state index contributed by atoms with van der Waals surface area (Å²) in [6, 6.07) is 9.51. The second-order valence-electron chi connectivity index (χ2n) is 5.77. The van der Waals surface area contributed by atoms with E-state index in [1.54, 1.807) is 6.20 Å². The number of hydrogen-bond donors (Lipinski definition) is 0. The lowest BCUT2D eigenvalue weighted by Gasteiger charge is -2.34. The van der Waals surface area contributed by atoms with Gasteiger partial charge in [-0.25, -0.2) is 4.98 Å². The average Bonchev–Trinajstić information content (AvgIpc) is 3.20. The fraction of sp³-hybridized carbons (Fsp3) is 0.294. The van der Waals surface area contributed by atoms with Crippen molar-refractivity contribution in [1.82, 2.24) is 14.5 Å². The summed E-state index contributed by atoms with van der Waals surface area (Å²) in [6.45, 7) is 2.89. The van der Waals surface area contributed by atoms with E-state index in [1.165, 1.54) is 0 Å². The van der Waals surface area contributed by atoms with E-state index in [9.17, 15) is 4.79 Å². The third kappa shape index (κ3) is 2.46. The van der Waals surface area contributed by atoms with Gasteiger partial charge in [-0.15, -0.1) is 0 Å². The Hall–Kier alpha value is -2.76. The molecule has 3 aromatic rings. The third-order valence-corrected chi connectivity index (χ3v) is 4.28. The molecular weight excluding hydrogens is 292 g/mol. The first-order valence-corrected chi connectivity index (χ1v) is 7.72. The van der Waals surface area contributed by atoms with Gasteiger partial charge in [0, 0.05) is 51.0 Å². The zero-order chi connectivity index (χ0) is 15.8. The molecule has 1 fully saturated rings. The van der Waals surface area contributed by atoms with Gasteiger partial charge in [0.1, 0.15) is 5.58 Å². The number of amides is 1. The standard InChI is InChI=1S/C17H18N4O2/c1-19-7-6-18-17(19)21-10-8-20(9-11-21)16(22)15-12-13-4-2-3-5-14(13)23-15/h2-7,12H,8-11H2,1H3. The average molecular weight is 310 g/mol. The highest BCUT2D eigenvalue weighted by molar-refractivity contribution is 5.96. The highest BCUT2D eigenvalue weighted by atomic mass is 16.3. The smallest absolute Gasteiger partial charge is 0.289 e. The Labute approximate surface area is 133 Å². The number of carbonyl (C=O) groups excluding carboxylic acids is 1. The van der Waals surface area contributed by atoms with Gasteiger partial charge in [0.05, 0.1) is 0 Å². The van der Waals surface area contributed by atoms with Crippen LogP contribution in [0.2, 0.25) is 0 Å². The maximum atomic E-state index is 12.6. The van der Waals surface area contributed by atoms with E-state index in [1.807, 2.05) is 53.0 Å². The summed E-state index contributed by atoms with van der Waals surface area (Å²) >= 11 is 0. The largest absolute Gasteiger partial charge is 0.451 e. The summed E-state index contributed by atoms with van der Waals surface area (Å²) in [6.07, 6.45) is 3.72. The maximum absolute atomic E-state index is 12.6. The molecule has 3 heterocycles. The SMILES string of the molecule is Cn1ccnc1N1CCN(C(=O)c2cc3ccccc3o2)CC1. The van der Waals surface area contributed by atoms with Gasteiger partial charge in [-0.3, -0.25) is 4.79 Å². The van der Waals surface area contributed by atoms with Gasteiger partial charge in [-0.1, -0.05) is 18.2 Å². The Morgan fingerprint density at radius 1 is 1.17 bits per heavy atom. The number of carbonyl (C=O) groups is 1. The number of aromatic nitrogens is 2. The van der Waals surface area contributed by atoms with Crippen LogP contribution in [0.3, 0.4) is 0 Å². The Kier molecular flexibility index (Phi) is 3.29. The zero-order valence-electron chi connectivity index (χ0n) is 13.0. The van der Waals surface area contributed by atoms with E-state index in [0.717, 1.165) is 30.0 Å². The van der Waals surface area contributed by atoms with Crippen molar-refractivity contribution in [2.45, 2.75) is 0 Å². The summed E-state index contributed by atoms with van der Waals surface area (Å²) in [5, 5.41) is 0.961. The van der Waals surface area contributed by atoms with Crippen LogP contribution in [0, 0.1) is 0 Å². The molecule has 0 atom stereocenters. The lowest BCUT2D eigenvalue weighted by Crippen LogP contribution is -2.49. The maximum Gasteiger partial charge on any atom is 0.289 e. The third-order valence-electron chi connectivity index (χ3n) is 4.28. The number of rotatable bonds is 2. The molecule has 2 aromatic heterocycles. The Bertz CT molecular complexity index is 810. The summed E-state index contributed by atoms with van der Waals surface area (Å²) in [5.74, 6) is 1.32. The molecule has 0 saturated carbocycles. The number of imidazole rings is 1. The predicted octanol–water partition coefficient (Wildman–Crippen LogP) is 2.13. The molecule has 23 heavy (non-hydrogen) atoms. The number of para-hydroxylation sites is 1. The van der Waals surface area contributed by atoms with E-state index in [0.29, 0.717) is 18.8 Å². The number of fused-ring (bicyclic) bond motifs is 1. The number of aryl methyl sites for hydroxylation is 1. The molecule has 1 saturated heterocycles. The lowest BCUT2D eigenvalue weighted by molar-refractivity contribution is 0.0716. The van der Waals surface area contributed by atoms with Gasteiger partial charge < -0.3 is 18.8 Å². The van der Waals surface area contributed by atoms with Crippen LogP contribution in [0.5, 0.6) is 0 Å². The van der Waals surface area contributed by atoms with Crippen molar-refractivity contribution in [3.8, 4) is 0 Å². The first kappa shape index (κ1) is 13.9. The molecule has 1 aliphatic heterocycles. The van der Waals surface area contributed by atoms with Crippen LogP contribution < -0.4 is 4.90 Å². The van der Waals surface area contributed by atoms with Crippen molar-refractivity contribution in [2.75, 3.05) is 31.1 Å². The first-order valence-electron chi connectivity index (χ1n) is 7.72. The number of hydrogen-bond acceptors (Lipinski definition) is 4. The number of nitrogens with zero attached hydrogens (tertiary/aromatic N) is 4.